The molecule has 0 aliphatic rings. The lowest BCUT2D eigenvalue weighted by atomic mass is 10.1. The minimum atomic E-state index is 0.773. The zero-order valence-corrected chi connectivity index (χ0v) is 14.5. The van der Waals surface area contributed by atoms with Gasteiger partial charge in [0.1, 0.15) is 0 Å². The summed E-state index contributed by atoms with van der Waals surface area (Å²) in [5.41, 5.74) is 3.68. The highest BCUT2D eigenvalue weighted by molar-refractivity contribution is 9.10. The molecule has 2 aromatic carbocycles. The van der Waals surface area contributed by atoms with Crippen LogP contribution in [0.5, 0.6) is 0 Å². The van der Waals surface area contributed by atoms with E-state index in [1.54, 1.807) is 0 Å². The molecule has 19 heavy (non-hydrogen) atoms. The molecule has 0 saturated carbocycles. The Morgan fingerprint density at radius 1 is 1.11 bits per heavy atom. The number of hydrogen-bond acceptors (Lipinski definition) is 1. The van der Waals surface area contributed by atoms with Gasteiger partial charge in [0.25, 0.3) is 0 Å². The molecule has 0 spiro atoms. The number of benzene rings is 2. The lowest BCUT2D eigenvalue weighted by molar-refractivity contribution is 0.916. The number of hydrogen-bond donors (Lipinski definition) is 0. The van der Waals surface area contributed by atoms with Crippen molar-refractivity contribution < 1.29 is 0 Å². The van der Waals surface area contributed by atoms with E-state index in [9.17, 15) is 0 Å². The molecule has 1 nitrogen and oxygen atoms in total. The van der Waals surface area contributed by atoms with Crippen molar-refractivity contribution in [2.45, 2.75) is 11.9 Å². The first-order valence-corrected chi connectivity index (χ1v) is 8.19. The second kappa shape index (κ2) is 6.78. The molecule has 0 saturated heterocycles. The fourth-order valence-electron chi connectivity index (χ4n) is 1.98. The Morgan fingerprint density at radius 2 is 1.79 bits per heavy atom. The van der Waals surface area contributed by atoms with Gasteiger partial charge in [-0.15, -0.1) is 0 Å². The molecule has 0 unspecified atom stereocenters. The first-order chi connectivity index (χ1) is 9.10. The van der Waals surface area contributed by atoms with E-state index in [1.807, 2.05) is 12.1 Å². The highest BCUT2D eigenvalue weighted by Gasteiger charge is 2.08. The molecule has 100 valence electrons. The van der Waals surface area contributed by atoms with Gasteiger partial charge in [-0.1, -0.05) is 55.6 Å². The van der Waals surface area contributed by atoms with E-state index in [1.165, 1.54) is 16.8 Å². The van der Waals surface area contributed by atoms with E-state index < -0.39 is 0 Å². The molecule has 0 atom stereocenters. The van der Waals surface area contributed by atoms with E-state index in [4.69, 9.17) is 11.6 Å². The average molecular weight is 404 g/mol. The Bertz CT molecular complexity index is 555. The Balaban J connectivity index is 2.19. The first kappa shape index (κ1) is 14.9. The molecular formula is C15H14Br2ClN. The van der Waals surface area contributed by atoms with Crippen LogP contribution in [-0.2, 0) is 11.9 Å². The van der Waals surface area contributed by atoms with Gasteiger partial charge in [0.2, 0.25) is 0 Å². The zero-order valence-electron chi connectivity index (χ0n) is 10.5. The summed E-state index contributed by atoms with van der Waals surface area (Å²) in [6.07, 6.45) is 0. The van der Waals surface area contributed by atoms with Crippen LogP contribution in [0, 0.1) is 0 Å². The third kappa shape index (κ3) is 3.98. The van der Waals surface area contributed by atoms with Gasteiger partial charge < -0.3 is 4.90 Å². The molecule has 0 aromatic heterocycles. The molecule has 4 heteroatoms. The van der Waals surface area contributed by atoms with E-state index in [0.717, 1.165) is 21.4 Å². The maximum absolute atomic E-state index is 6.03. The Kier molecular flexibility index (Phi) is 5.31. The summed E-state index contributed by atoms with van der Waals surface area (Å²) >= 11 is 13.0. The second-order valence-corrected chi connectivity index (χ2v) is 6.30. The smallest absolute Gasteiger partial charge is 0.0426 e. The third-order valence-electron chi connectivity index (χ3n) is 2.93. The van der Waals surface area contributed by atoms with Gasteiger partial charge >= 0.3 is 0 Å². The molecule has 0 aliphatic heterocycles. The molecule has 0 bridgehead atoms. The summed E-state index contributed by atoms with van der Waals surface area (Å²) in [7, 11) is 2.09. The molecule has 0 fully saturated rings. The van der Waals surface area contributed by atoms with Crippen LogP contribution >= 0.6 is 43.5 Å². The Hall–Kier alpha value is -0.510. The molecule has 0 radical (unpaired) electrons. The van der Waals surface area contributed by atoms with E-state index in [0.29, 0.717) is 0 Å². The molecule has 0 aliphatic carbocycles. The van der Waals surface area contributed by atoms with Crippen LogP contribution in [0.1, 0.15) is 11.1 Å². The van der Waals surface area contributed by atoms with Crippen LogP contribution in [0.25, 0.3) is 0 Å². The van der Waals surface area contributed by atoms with Crippen molar-refractivity contribution in [2.24, 2.45) is 0 Å². The van der Waals surface area contributed by atoms with Crippen molar-refractivity contribution in [3.63, 3.8) is 0 Å². The summed E-state index contributed by atoms with van der Waals surface area (Å²) in [6.45, 7) is 0.870. The predicted molar refractivity (Wildman–Crippen MR) is 90.3 cm³/mol. The van der Waals surface area contributed by atoms with Gasteiger partial charge in [-0.2, -0.15) is 0 Å². The monoisotopic (exact) mass is 401 g/mol. The Morgan fingerprint density at radius 3 is 2.42 bits per heavy atom. The minimum Gasteiger partial charge on any atom is -0.370 e. The van der Waals surface area contributed by atoms with E-state index in [2.05, 4.69) is 74.1 Å². The van der Waals surface area contributed by atoms with Gasteiger partial charge in [-0.05, 0) is 41.5 Å². The molecular weight excluding hydrogens is 389 g/mol. The largest absolute Gasteiger partial charge is 0.370 e. The van der Waals surface area contributed by atoms with Crippen LogP contribution in [0.15, 0.2) is 46.9 Å². The SMILES string of the molecule is CN(Cc1ccc(Br)cc1)c1ccc(Cl)cc1CBr. The fourth-order valence-corrected chi connectivity index (χ4v) is 2.89. The van der Waals surface area contributed by atoms with Crippen molar-refractivity contribution in [1.29, 1.82) is 0 Å². The number of anilines is 1. The Labute approximate surface area is 135 Å². The zero-order chi connectivity index (χ0) is 13.8. The molecule has 2 aromatic rings. The normalized spacial score (nSPS) is 10.5. The average Bonchev–Trinajstić information content (AvgIpc) is 2.41. The molecule has 2 rings (SSSR count). The second-order valence-electron chi connectivity index (χ2n) is 4.39. The summed E-state index contributed by atoms with van der Waals surface area (Å²) in [6, 6.07) is 14.4. The van der Waals surface area contributed by atoms with Crippen LogP contribution < -0.4 is 4.90 Å². The van der Waals surface area contributed by atoms with Crippen molar-refractivity contribution in [3.8, 4) is 0 Å². The van der Waals surface area contributed by atoms with Gasteiger partial charge in [0, 0.05) is 34.1 Å². The van der Waals surface area contributed by atoms with E-state index in [-0.39, 0.29) is 0 Å². The molecule has 0 heterocycles. The summed E-state index contributed by atoms with van der Waals surface area (Å²) < 4.78 is 1.10. The topological polar surface area (TPSA) is 3.24 Å². The van der Waals surface area contributed by atoms with Crippen LogP contribution in [-0.4, -0.2) is 7.05 Å². The molecule has 0 amide bonds. The fraction of sp³-hybridized carbons (Fsp3) is 0.200. The van der Waals surface area contributed by atoms with Gasteiger partial charge in [0.05, 0.1) is 0 Å². The van der Waals surface area contributed by atoms with Gasteiger partial charge in [-0.25, -0.2) is 0 Å². The van der Waals surface area contributed by atoms with Crippen molar-refractivity contribution in [1.82, 2.24) is 0 Å². The van der Waals surface area contributed by atoms with E-state index >= 15 is 0 Å². The van der Waals surface area contributed by atoms with Crippen molar-refractivity contribution >= 4 is 49.1 Å². The number of nitrogens with zero attached hydrogens (tertiary/aromatic N) is 1. The maximum atomic E-state index is 6.03. The first-order valence-electron chi connectivity index (χ1n) is 5.90. The third-order valence-corrected chi connectivity index (χ3v) is 4.30. The highest BCUT2D eigenvalue weighted by Crippen LogP contribution is 2.26. The standard InChI is InChI=1S/C15H14Br2ClN/c1-19(10-11-2-4-13(17)5-3-11)15-7-6-14(18)8-12(15)9-16/h2-8H,9-10H2,1H3. The van der Waals surface area contributed by atoms with Crippen LogP contribution in [0.2, 0.25) is 5.02 Å². The predicted octanol–water partition coefficient (Wildman–Crippen LogP) is 5.63. The summed E-state index contributed by atoms with van der Waals surface area (Å²) in [4.78, 5) is 2.23. The number of rotatable bonds is 4. The van der Waals surface area contributed by atoms with Gasteiger partial charge in [0.15, 0.2) is 0 Å². The summed E-state index contributed by atoms with van der Waals surface area (Å²) in [5, 5.41) is 1.57. The lowest BCUT2D eigenvalue weighted by Gasteiger charge is -2.22. The quantitative estimate of drug-likeness (QED) is 0.598. The maximum Gasteiger partial charge on any atom is 0.0426 e. The van der Waals surface area contributed by atoms with Crippen LogP contribution in [0.4, 0.5) is 5.69 Å². The number of alkyl halides is 1. The molecule has 0 N–H and O–H groups in total. The van der Waals surface area contributed by atoms with Gasteiger partial charge in [-0.3, -0.25) is 0 Å². The highest BCUT2D eigenvalue weighted by atomic mass is 79.9. The summed E-state index contributed by atoms with van der Waals surface area (Å²) in [5.74, 6) is 0. The van der Waals surface area contributed by atoms with Crippen molar-refractivity contribution in [3.05, 3.63) is 63.1 Å². The van der Waals surface area contributed by atoms with Crippen LogP contribution in [0.3, 0.4) is 0 Å². The minimum absolute atomic E-state index is 0.773. The van der Waals surface area contributed by atoms with Crippen molar-refractivity contribution in [2.75, 3.05) is 11.9 Å². The number of halogens is 3. The lowest BCUT2D eigenvalue weighted by Crippen LogP contribution is -2.17.